The topological polar surface area (TPSA) is 88.9 Å². The van der Waals surface area contributed by atoms with Gasteiger partial charge in [0.15, 0.2) is 5.82 Å². The summed E-state index contributed by atoms with van der Waals surface area (Å²) in [6.07, 6.45) is 1.48. The first-order chi connectivity index (χ1) is 10.4. The third kappa shape index (κ3) is 3.59. The molecule has 0 bridgehead atoms. The summed E-state index contributed by atoms with van der Waals surface area (Å²) in [4.78, 5) is 23.7. The van der Waals surface area contributed by atoms with Gasteiger partial charge < -0.3 is 15.2 Å². The van der Waals surface area contributed by atoms with Crippen LogP contribution in [0.4, 0.5) is 10.1 Å². The van der Waals surface area contributed by atoms with Crippen molar-refractivity contribution in [1.29, 1.82) is 0 Å². The minimum Gasteiger partial charge on any atom is -0.338 e. The molecule has 1 atom stereocenters. The Morgan fingerprint density at radius 1 is 1.36 bits per heavy atom. The highest BCUT2D eigenvalue weighted by Crippen LogP contribution is 2.22. The first-order valence-corrected chi connectivity index (χ1v) is 6.67. The molecule has 2 amide bonds. The number of nitrogens with zero attached hydrogens (tertiary/aromatic N) is 3. The molecular weight excluding hydrogens is 313 g/mol. The zero-order chi connectivity index (χ0) is 16.3. The predicted octanol–water partition coefficient (Wildman–Crippen LogP) is 1.42. The van der Waals surface area contributed by atoms with E-state index in [1.807, 2.05) is 0 Å². The molecule has 0 fully saturated rings. The maximum absolute atomic E-state index is 13.1. The van der Waals surface area contributed by atoms with E-state index in [1.54, 1.807) is 18.5 Å². The van der Waals surface area contributed by atoms with Gasteiger partial charge in [0, 0.05) is 7.05 Å². The largest absolute Gasteiger partial charge is 0.338 e. The molecule has 0 spiro atoms. The molecule has 0 aliphatic rings. The fourth-order valence-corrected chi connectivity index (χ4v) is 1.95. The highest BCUT2D eigenvalue weighted by molar-refractivity contribution is 6.41. The summed E-state index contributed by atoms with van der Waals surface area (Å²) in [6, 6.07) is 2.94. The number of nitrogens with one attached hydrogen (secondary N) is 2. The van der Waals surface area contributed by atoms with Crippen LogP contribution in [0.15, 0.2) is 24.5 Å². The van der Waals surface area contributed by atoms with Crippen LogP contribution in [0.1, 0.15) is 18.8 Å². The number of aromatic nitrogens is 3. The van der Waals surface area contributed by atoms with Crippen LogP contribution in [0.2, 0.25) is 5.02 Å². The van der Waals surface area contributed by atoms with Gasteiger partial charge in [0.05, 0.1) is 16.8 Å². The number of halogens is 2. The van der Waals surface area contributed by atoms with Crippen LogP contribution in [-0.2, 0) is 16.6 Å². The molecule has 1 unspecified atom stereocenters. The third-order valence-electron chi connectivity index (χ3n) is 2.86. The van der Waals surface area contributed by atoms with Gasteiger partial charge >= 0.3 is 11.8 Å². The van der Waals surface area contributed by atoms with E-state index in [1.165, 1.54) is 12.4 Å². The summed E-state index contributed by atoms with van der Waals surface area (Å²) in [5, 5.41) is 12.4. The van der Waals surface area contributed by atoms with Crippen LogP contribution in [0.5, 0.6) is 0 Å². The Balaban J connectivity index is 2.02. The Morgan fingerprint density at radius 2 is 2.09 bits per heavy atom. The van der Waals surface area contributed by atoms with Crippen LogP contribution in [0.25, 0.3) is 0 Å². The van der Waals surface area contributed by atoms with E-state index in [0.717, 1.165) is 12.1 Å². The molecule has 1 aromatic carbocycles. The number of carbonyl (C=O) groups is 2. The lowest BCUT2D eigenvalue weighted by Crippen LogP contribution is -2.37. The Labute approximate surface area is 130 Å². The SMILES string of the molecule is CC(NC(=O)C(=O)Nc1cc(F)ccc1Cl)c1nncn1C. The van der Waals surface area contributed by atoms with Gasteiger partial charge in [-0.3, -0.25) is 9.59 Å². The molecule has 116 valence electrons. The Hall–Kier alpha value is -2.48. The molecule has 2 N–H and O–H groups in total. The molecule has 2 rings (SSSR count). The smallest absolute Gasteiger partial charge is 0.313 e. The molecule has 1 aromatic heterocycles. The normalized spacial score (nSPS) is 11.8. The average Bonchev–Trinajstić information content (AvgIpc) is 2.89. The summed E-state index contributed by atoms with van der Waals surface area (Å²) >= 11 is 5.82. The van der Waals surface area contributed by atoms with E-state index in [4.69, 9.17) is 11.6 Å². The molecule has 9 heteroatoms. The van der Waals surface area contributed by atoms with Crippen molar-refractivity contribution < 1.29 is 14.0 Å². The maximum atomic E-state index is 13.1. The molecule has 22 heavy (non-hydrogen) atoms. The van der Waals surface area contributed by atoms with Crippen molar-refractivity contribution in [2.75, 3.05) is 5.32 Å². The van der Waals surface area contributed by atoms with Gasteiger partial charge in [-0.1, -0.05) is 11.6 Å². The second-order valence-electron chi connectivity index (χ2n) is 4.57. The van der Waals surface area contributed by atoms with E-state index in [-0.39, 0.29) is 10.7 Å². The second kappa shape index (κ2) is 6.52. The monoisotopic (exact) mass is 325 g/mol. The zero-order valence-corrected chi connectivity index (χ0v) is 12.6. The van der Waals surface area contributed by atoms with Crippen molar-refractivity contribution in [2.24, 2.45) is 7.05 Å². The van der Waals surface area contributed by atoms with Crippen LogP contribution in [-0.4, -0.2) is 26.6 Å². The number of carbonyl (C=O) groups excluding carboxylic acids is 2. The van der Waals surface area contributed by atoms with E-state index < -0.39 is 23.7 Å². The maximum Gasteiger partial charge on any atom is 0.313 e. The molecular formula is C13H13ClFN5O2. The van der Waals surface area contributed by atoms with Crippen molar-refractivity contribution in [2.45, 2.75) is 13.0 Å². The lowest BCUT2D eigenvalue weighted by Gasteiger charge is -2.13. The predicted molar refractivity (Wildman–Crippen MR) is 77.6 cm³/mol. The minimum atomic E-state index is -0.957. The fraction of sp³-hybridized carbons (Fsp3) is 0.231. The quantitative estimate of drug-likeness (QED) is 0.835. The molecule has 0 saturated heterocycles. The van der Waals surface area contributed by atoms with E-state index in [0.29, 0.717) is 5.82 Å². The molecule has 1 heterocycles. The Morgan fingerprint density at radius 3 is 2.73 bits per heavy atom. The lowest BCUT2D eigenvalue weighted by molar-refractivity contribution is -0.136. The number of anilines is 1. The number of rotatable bonds is 3. The van der Waals surface area contributed by atoms with Crippen molar-refractivity contribution in [1.82, 2.24) is 20.1 Å². The summed E-state index contributed by atoms with van der Waals surface area (Å²) in [5.41, 5.74) is 0.0214. The summed E-state index contributed by atoms with van der Waals surface area (Å²) in [7, 11) is 1.71. The Kier molecular flexibility index (Phi) is 4.71. The summed E-state index contributed by atoms with van der Waals surface area (Å²) in [6.45, 7) is 1.66. The van der Waals surface area contributed by atoms with E-state index in [9.17, 15) is 14.0 Å². The van der Waals surface area contributed by atoms with Crippen molar-refractivity contribution in [3.8, 4) is 0 Å². The molecule has 0 aliphatic heterocycles. The highest BCUT2D eigenvalue weighted by atomic mass is 35.5. The standard InChI is InChI=1S/C13H13ClFN5O2/c1-7(11-19-16-6-20(11)2)17-12(21)13(22)18-10-5-8(15)3-4-9(10)14/h3-7H,1-2H3,(H,17,21)(H,18,22). The van der Waals surface area contributed by atoms with Crippen LogP contribution >= 0.6 is 11.6 Å². The highest BCUT2D eigenvalue weighted by Gasteiger charge is 2.20. The number of hydrogen-bond acceptors (Lipinski definition) is 4. The van der Waals surface area contributed by atoms with Gasteiger partial charge in [-0.2, -0.15) is 0 Å². The summed E-state index contributed by atoms with van der Waals surface area (Å²) in [5.74, 6) is -1.94. The van der Waals surface area contributed by atoms with Gasteiger partial charge in [-0.15, -0.1) is 10.2 Å². The molecule has 0 radical (unpaired) electrons. The van der Waals surface area contributed by atoms with Crippen LogP contribution in [0, 0.1) is 5.82 Å². The van der Waals surface area contributed by atoms with E-state index in [2.05, 4.69) is 20.8 Å². The van der Waals surface area contributed by atoms with Gasteiger partial charge in [0.2, 0.25) is 0 Å². The number of amides is 2. The van der Waals surface area contributed by atoms with Crippen LogP contribution in [0.3, 0.4) is 0 Å². The first-order valence-electron chi connectivity index (χ1n) is 6.29. The third-order valence-corrected chi connectivity index (χ3v) is 3.19. The lowest BCUT2D eigenvalue weighted by atomic mass is 10.3. The van der Waals surface area contributed by atoms with Crippen molar-refractivity contribution >= 4 is 29.1 Å². The average molecular weight is 326 g/mol. The first kappa shape index (κ1) is 15.9. The van der Waals surface area contributed by atoms with Crippen molar-refractivity contribution in [3.63, 3.8) is 0 Å². The van der Waals surface area contributed by atoms with Gasteiger partial charge in [0.1, 0.15) is 12.1 Å². The molecule has 0 saturated carbocycles. The van der Waals surface area contributed by atoms with Gasteiger partial charge in [0.25, 0.3) is 0 Å². The number of hydrogen-bond donors (Lipinski definition) is 2. The Bertz CT molecular complexity index is 718. The van der Waals surface area contributed by atoms with Gasteiger partial charge in [-0.25, -0.2) is 4.39 Å². The van der Waals surface area contributed by atoms with E-state index >= 15 is 0 Å². The minimum absolute atomic E-state index is 0.0214. The van der Waals surface area contributed by atoms with Crippen LogP contribution < -0.4 is 10.6 Å². The zero-order valence-electron chi connectivity index (χ0n) is 11.8. The number of benzene rings is 1. The van der Waals surface area contributed by atoms with Gasteiger partial charge in [-0.05, 0) is 25.1 Å². The molecule has 0 aliphatic carbocycles. The second-order valence-corrected chi connectivity index (χ2v) is 4.98. The summed E-state index contributed by atoms with van der Waals surface area (Å²) < 4.78 is 14.7. The number of aryl methyl sites for hydroxylation is 1. The molecule has 7 nitrogen and oxygen atoms in total. The molecule has 2 aromatic rings. The van der Waals surface area contributed by atoms with Crippen molar-refractivity contribution in [3.05, 3.63) is 41.2 Å². The fourth-order valence-electron chi connectivity index (χ4n) is 1.78.